The summed E-state index contributed by atoms with van der Waals surface area (Å²) in [5, 5.41) is 0. The third-order valence-electron chi connectivity index (χ3n) is 2.49. The molecule has 5 N–H and O–H groups in total. The lowest BCUT2D eigenvalue weighted by Crippen LogP contribution is -2.42. The molecule has 18 heavy (non-hydrogen) atoms. The molecule has 0 radical (unpaired) electrons. The first-order valence-electron chi connectivity index (χ1n) is 5.65. The van der Waals surface area contributed by atoms with E-state index in [0.29, 0.717) is 5.69 Å². The number of aromatic nitrogens is 2. The number of aromatic amines is 1. The Morgan fingerprint density at radius 2 is 2.06 bits per heavy atom. The molecule has 0 bridgehead atoms. The largest absolute Gasteiger partial charge is 0.391 e. The van der Waals surface area contributed by atoms with Crippen molar-refractivity contribution in [3.05, 3.63) is 18.2 Å². The third kappa shape index (κ3) is 3.94. The Kier molecular flexibility index (Phi) is 4.99. The van der Waals surface area contributed by atoms with Crippen molar-refractivity contribution in [1.82, 2.24) is 9.97 Å². The monoisotopic (exact) mass is 254 g/mol. The molecule has 0 aromatic carbocycles. The molecule has 7 nitrogen and oxygen atoms in total. The highest BCUT2D eigenvalue weighted by Gasteiger charge is 2.25. The van der Waals surface area contributed by atoms with Gasteiger partial charge in [-0.3, -0.25) is 0 Å². The molecule has 0 unspecified atom stereocenters. The molecule has 0 fully saturated rings. The minimum Gasteiger partial charge on any atom is -0.391 e. The van der Waals surface area contributed by atoms with Crippen molar-refractivity contribution >= 4 is 11.9 Å². The van der Waals surface area contributed by atoms with E-state index in [-0.39, 0.29) is 12.3 Å². The van der Waals surface area contributed by atoms with Crippen molar-refractivity contribution in [3.63, 3.8) is 0 Å². The fraction of sp³-hybridized carbons (Fsp3) is 0.545. The highest BCUT2D eigenvalue weighted by Crippen LogP contribution is 2.03. The number of hydrogen-bond donors (Lipinski definition) is 3. The van der Waals surface area contributed by atoms with Gasteiger partial charge in [-0.05, 0) is 5.92 Å². The zero-order valence-electron chi connectivity index (χ0n) is 10.4. The number of nitrogens with zero attached hydrogens (tertiary/aromatic N) is 1. The maximum Gasteiger partial charge on any atom is 0.330 e. The number of hydrogen-bond acceptors (Lipinski definition) is 6. The lowest BCUT2D eigenvalue weighted by molar-refractivity contribution is -0.162. The molecule has 7 heteroatoms. The Morgan fingerprint density at radius 3 is 2.56 bits per heavy atom. The van der Waals surface area contributed by atoms with Crippen molar-refractivity contribution in [1.29, 1.82) is 0 Å². The van der Waals surface area contributed by atoms with Gasteiger partial charge in [0.05, 0.1) is 6.33 Å². The smallest absolute Gasteiger partial charge is 0.330 e. The van der Waals surface area contributed by atoms with E-state index in [1.54, 1.807) is 20.0 Å². The summed E-state index contributed by atoms with van der Waals surface area (Å²) in [6.45, 7) is 3.53. The standard InChI is InChI=1S/C11H18N4O3/c1-6(2)9(13)11(17)18-10(16)8(12)3-7-4-14-5-15-7/h4-6,8-9H,3,12-13H2,1-2H3,(H,14,15)/t8-,9-/m0/s1. The van der Waals surface area contributed by atoms with E-state index in [1.807, 2.05) is 0 Å². The number of imidazole rings is 1. The molecule has 1 heterocycles. The molecular weight excluding hydrogens is 236 g/mol. The summed E-state index contributed by atoms with van der Waals surface area (Å²) >= 11 is 0. The first-order chi connectivity index (χ1) is 8.41. The molecule has 1 aromatic heterocycles. The number of ether oxygens (including phenoxy) is 1. The normalized spacial score (nSPS) is 14.3. The fourth-order valence-electron chi connectivity index (χ4n) is 1.23. The molecule has 0 aliphatic heterocycles. The number of carbonyl (C=O) groups excluding carboxylic acids is 2. The summed E-state index contributed by atoms with van der Waals surface area (Å²) in [6.07, 6.45) is 3.26. The van der Waals surface area contributed by atoms with Gasteiger partial charge in [0.25, 0.3) is 0 Å². The molecule has 0 spiro atoms. The van der Waals surface area contributed by atoms with Crippen LogP contribution in [0.2, 0.25) is 0 Å². The Bertz CT molecular complexity index is 402. The van der Waals surface area contributed by atoms with Crippen molar-refractivity contribution in [3.8, 4) is 0 Å². The predicted molar refractivity (Wildman–Crippen MR) is 64.2 cm³/mol. The van der Waals surface area contributed by atoms with Crippen molar-refractivity contribution in [2.45, 2.75) is 32.4 Å². The molecule has 0 aliphatic carbocycles. The Morgan fingerprint density at radius 1 is 1.39 bits per heavy atom. The molecule has 1 aromatic rings. The summed E-state index contributed by atoms with van der Waals surface area (Å²) in [4.78, 5) is 29.6. The first kappa shape index (κ1) is 14.3. The number of nitrogens with one attached hydrogen (secondary N) is 1. The van der Waals surface area contributed by atoms with Crippen LogP contribution in [0.4, 0.5) is 0 Å². The molecule has 0 amide bonds. The minimum atomic E-state index is -0.922. The summed E-state index contributed by atoms with van der Waals surface area (Å²) in [5.74, 6) is -1.64. The second-order valence-corrected chi connectivity index (χ2v) is 4.40. The van der Waals surface area contributed by atoms with Crippen LogP contribution in [-0.4, -0.2) is 34.0 Å². The van der Waals surface area contributed by atoms with Crippen LogP contribution in [0.5, 0.6) is 0 Å². The quantitative estimate of drug-likeness (QED) is 0.473. The second-order valence-electron chi connectivity index (χ2n) is 4.40. The van der Waals surface area contributed by atoms with E-state index in [4.69, 9.17) is 11.5 Å². The Labute approximate surface area is 105 Å². The molecule has 0 saturated carbocycles. The van der Waals surface area contributed by atoms with Crippen LogP contribution < -0.4 is 11.5 Å². The maximum atomic E-state index is 11.5. The zero-order chi connectivity index (χ0) is 13.7. The van der Waals surface area contributed by atoms with E-state index in [9.17, 15) is 9.59 Å². The van der Waals surface area contributed by atoms with Crippen LogP contribution in [0.25, 0.3) is 0 Å². The van der Waals surface area contributed by atoms with E-state index >= 15 is 0 Å². The lowest BCUT2D eigenvalue weighted by Gasteiger charge is -2.15. The fourth-order valence-corrected chi connectivity index (χ4v) is 1.23. The molecule has 100 valence electrons. The van der Waals surface area contributed by atoms with Gasteiger partial charge in [-0.2, -0.15) is 0 Å². The Balaban J connectivity index is 2.47. The van der Waals surface area contributed by atoms with Gasteiger partial charge in [0.1, 0.15) is 12.1 Å². The van der Waals surface area contributed by atoms with Gasteiger partial charge in [-0.1, -0.05) is 13.8 Å². The van der Waals surface area contributed by atoms with Gasteiger partial charge in [0, 0.05) is 18.3 Å². The van der Waals surface area contributed by atoms with Gasteiger partial charge in [0.2, 0.25) is 0 Å². The van der Waals surface area contributed by atoms with Gasteiger partial charge in [-0.25, -0.2) is 14.6 Å². The van der Waals surface area contributed by atoms with Gasteiger partial charge in [0.15, 0.2) is 0 Å². The number of esters is 2. The van der Waals surface area contributed by atoms with Crippen molar-refractivity contribution < 1.29 is 14.3 Å². The highest BCUT2D eigenvalue weighted by molar-refractivity contribution is 5.90. The average Bonchev–Trinajstić information content (AvgIpc) is 2.80. The van der Waals surface area contributed by atoms with Gasteiger partial charge < -0.3 is 21.2 Å². The minimum absolute atomic E-state index is 0.103. The van der Waals surface area contributed by atoms with Crippen molar-refractivity contribution in [2.75, 3.05) is 0 Å². The van der Waals surface area contributed by atoms with Crippen molar-refractivity contribution in [2.24, 2.45) is 17.4 Å². The van der Waals surface area contributed by atoms with E-state index < -0.39 is 24.0 Å². The summed E-state index contributed by atoms with van der Waals surface area (Å²) < 4.78 is 4.62. The second kappa shape index (κ2) is 6.27. The van der Waals surface area contributed by atoms with Crippen LogP contribution in [0.15, 0.2) is 12.5 Å². The SMILES string of the molecule is CC(C)[C@H](N)C(=O)OC(=O)[C@@H](N)Cc1cnc[nH]1. The average molecular weight is 254 g/mol. The van der Waals surface area contributed by atoms with Crippen LogP contribution in [0.1, 0.15) is 19.5 Å². The molecule has 2 atom stereocenters. The number of H-pyrrole nitrogens is 1. The van der Waals surface area contributed by atoms with E-state index in [1.165, 1.54) is 6.33 Å². The maximum absolute atomic E-state index is 11.5. The number of carbonyl (C=O) groups is 2. The summed E-state index contributed by atoms with van der Waals surface area (Å²) in [5.41, 5.74) is 11.9. The lowest BCUT2D eigenvalue weighted by atomic mass is 10.1. The summed E-state index contributed by atoms with van der Waals surface area (Å²) in [7, 11) is 0. The van der Waals surface area contributed by atoms with E-state index in [0.717, 1.165) is 0 Å². The van der Waals surface area contributed by atoms with Gasteiger partial charge in [-0.15, -0.1) is 0 Å². The Hall–Kier alpha value is -1.73. The van der Waals surface area contributed by atoms with Crippen LogP contribution in [-0.2, 0) is 20.7 Å². The van der Waals surface area contributed by atoms with Crippen LogP contribution in [0, 0.1) is 5.92 Å². The molecule has 1 rings (SSSR count). The van der Waals surface area contributed by atoms with Crippen LogP contribution in [0.3, 0.4) is 0 Å². The third-order valence-corrected chi connectivity index (χ3v) is 2.49. The van der Waals surface area contributed by atoms with E-state index in [2.05, 4.69) is 14.7 Å². The zero-order valence-corrected chi connectivity index (χ0v) is 10.4. The topological polar surface area (TPSA) is 124 Å². The number of rotatable bonds is 5. The predicted octanol–water partition coefficient (Wildman–Crippen LogP) is -0.667. The molecule has 0 aliphatic rings. The van der Waals surface area contributed by atoms with Gasteiger partial charge >= 0.3 is 11.9 Å². The number of nitrogens with two attached hydrogens (primary N) is 2. The highest BCUT2D eigenvalue weighted by atomic mass is 16.6. The summed E-state index contributed by atoms with van der Waals surface area (Å²) in [6, 6.07) is -1.75. The molecular formula is C11H18N4O3. The first-order valence-corrected chi connectivity index (χ1v) is 5.65. The van der Waals surface area contributed by atoms with Crippen LogP contribution >= 0.6 is 0 Å². The molecule has 0 saturated heterocycles.